The van der Waals surface area contributed by atoms with E-state index in [9.17, 15) is 0 Å². The van der Waals surface area contributed by atoms with Gasteiger partial charge in [0.2, 0.25) is 0 Å². The number of hydrogen-bond acceptors (Lipinski definition) is 2. The van der Waals surface area contributed by atoms with Gasteiger partial charge in [0, 0.05) is 24.5 Å². The van der Waals surface area contributed by atoms with E-state index >= 15 is 0 Å². The Morgan fingerprint density at radius 1 is 0.750 bits per heavy atom. The average molecular weight is 263 g/mol. The van der Waals surface area contributed by atoms with Crippen LogP contribution in [0.3, 0.4) is 0 Å². The third-order valence-corrected chi connectivity index (χ3v) is 3.56. The van der Waals surface area contributed by atoms with Crippen molar-refractivity contribution in [3.63, 3.8) is 0 Å². The lowest BCUT2D eigenvalue weighted by molar-refractivity contribution is 0.415. The second-order valence-electron chi connectivity index (χ2n) is 4.79. The Morgan fingerprint density at radius 3 is 2.30 bits per heavy atom. The monoisotopic (exact) mass is 263 g/mol. The molecule has 100 valence electrons. The zero-order valence-corrected chi connectivity index (χ0v) is 11.7. The van der Waals surface area contributed by atoms with Crippen molar-refractivity contribution in [1.82, 2.24) is 0 Å². The van der Waals surface area contributed by atoms with Gasteiger partial charge in [0.1, 0.15) is 5.75 Å². The average Bonchev–Trinajstić information content (AvgIpc) is 2.53. The third-order valence-electron chi connectivity index (χ3n) is 3.56. The summed E-state index contributed by atoms with van der Waals surface area (Å²) in [6.45, 7) is 0. The Kier molecular flexibility index (Phi) is 3.30. The van der Waals surface area contributed by atoms with Crippen LogP contribution in [0.15, 0.2) is 66.7 Å². The number of ether oxygens (including phenoxy) is 1. The predicted molar refractivity (Wildman–Crippen MR) is 85.0 cm³/mol. The van der Waals surface area contributed by atoms with Gasteiger partial charge in [0.25, 0.3) is 0 Å². The van der Waals surface area contributed by atoms with Gasteiger partial charge in [-0.3, -0.25) is 0 Å². The second kappa shape index (κ2) is 5.25. The normalized spacial score (nSPS) is 10.5. The summed E-state index contributed by atoms with van der Waals surface area (Å²) in [5, 5.41) is 2.51. The fraction of sp³-hybridized carbons (Fsp3) is 0.111. The Hall–Kier alpha value is -2.48. The first-order valence-corrected chi connectivity index (χ1v) is 6.64. The molecule has 3 aromatic rings. The summed E-state index contributed by atoms with van der Waals surface area (Å²) in [5.41, 5.74) is 2.27. The second-order valence-corrected chi connectivity index (χ2v) is 4.79. The topological polar surface area (TPSA) is 12.5 Å². The molecular weight excluding hydrogens is 246 g/mol. The highest BCUT2D eigenvalue weighted by atomic mass is 16.5. The van der Waals surface area contributed by atoms with Crippen LogP contribution in [0.1, 0.15) is 0 Å². The maximum Gasteiger partial charge on any atom is 0.120 e. The fourth-order valence-electron chi connectivity index (χ4n) is 2.35. The van der Waals surface area contributed by atoms with Crippen LogP contribution in [0.5, 0.6) is 5.75 Å². The summed E-state index contributed by atoms with van der Waals surface area (Å²) in [5.74, 6) is 0.870. The quantitative estimate of drug-likeness (QED) is 0.684. The summed E-state index contributed by atoms with van der Waals surface area (Å²) in [4.78, 5) is 2.16. The first-order chi connectivity index (χ1) is 9.78. The van der Waals surface area contributed by atoms with Crippen LogP contribution in [0.2, 0.25) is 0 Å². The summed E-state index contributed by atoms with van der Waals surface area (Å²) < 4.78 is 5.28. The van der Waals surface area contributed by atoms with E-state index in [4.69, 9.17) is 4.74 Å². The Labute approximate surface area is 119 Å². The van der Waals surface area contributed by atoms with E-state index in [0.717, 1.165) is 17.1 Å². The molecule has 0 atom stereocenters. The number of fused-ring (bicyclic) bond motifs is 1. The molecule has 0 aromatic heterocycles. The van der Waals surface area contributed by atoms with Crippen LogP contribution in [-0.4, -0.2) is 14.2 Å². The minimum absolute atomic E-state index is 0.870. The van der Waals surface area contributed by atoms with Crippen molar-refractivity contribution in [2.24, 2.45) is 0 Å². The van der Waals surface area contributed by atoms with Gasteiger partial charge in [-0.05, 0) is 35.0 Å². The van der Waals surface area contributed by atoms with Gasteiger partial charge in [-0.15, -0.1) is 0 Å². The molecule has 0 spiro atoms. The Bertz CT molecular complexity index is 736. The number of anilines is 2. The molecule has 3 aromatic carbocycles. The van der Waals surface area contributed by atoms with Gasteiger partial charge < -0.3 is 9.64 Å². The molecule has 0 N–H and O–H groups in total. The molecule has 0 radical (unpaired) electrons. The lowest BCUT2D eigenvalue weighted by Gasteiger charge is -2.20. The molecule has 2 heteroatoms. The molecule has 0 unspecified atom stereocenters. The molecule has 0 aliphatic heterocycles. The van der Waals surface area contributed by atoms with Gasteiger partial charge in [-0.2, -0.15) is 0 Å². The summed E-state index contributed by atoms with van der Waals surface area (Å²) in [7, 11) is 3.76. The predicted octanol–water partition coefficient (Wildman–Crippen LogP) is 4.62. The highest BCUT2D eigenvalue weighted by molar-refractivity contribution is 5.86. The van der Waals surface area contributed by atoms with Crippen LogP contribution in [-0.2, 0) is 0 Å². The molecule has 0 fully saturated rings. The Balaban J connectivity index is 2.00. The van der Waals surface area contributed by atoms with Crippen molar-refractivity contribution < 1.29 is 4.74 Å². The third kappa shape index (κ3) is 2.32. The van der Waals surface area contributed by atoms with E-state index in [0.29, 0.717) is 0 Å². The minimum Gasteiger partial charge on any atom is -0.497 e. The van der Waals surface area contributed by atoms with E-state index in [1.807, 2.05) is 18.2 Å². The SMILES string of the molecule is COc1cccc(N(C)c2ccc3ccccc3c2)c1. The highest BCUT2D eigenvalue weighted by Gasteiger charge is 2.05. The van der Waals surface area contributed by atoms with Crippen LogP contribution in [0.25, 0.3) is 10.8 Å². The van der Waals surface area contributed by atoms with Crippen molar-refractivity contribution in [1.29, 1.82) is 0 Å². The zero-order valence-electron chi connectivity index (χ0n) is 11.7. The van der Waals surface area contributed by atoms with Crippen molar-refractivity contribution >= 4 is 22.1 Å². The van der Waals surface area contributed by atoms with Crippen molar-refractivity contribution in [2.45, 2.75) is 0 Å². The number of hydrogen-bond donors (Lipinski definition) is 0. The molecule has 20 heavy (non-hydrogen) atoms. The molecule has 0 amide bonds. The maximum absolute atomic E-state index is 5.28. The van der Waals surface area contributed by atoms with Crippen molar-refractivity contribution in [2.75, 3.05) is 19.1 Å². The lowest BCUT2D eigenvalue weighted by Crippen LogP contribution is -2.09. The van der Waals surface area contributed by atoms with Gasteiger partial charge in [0.15, 0.2) is 0 Å². The first-order valence-electron chi connectivity index (χ1n) is 6.64. The van der Waals surface area contributed by atoms with Gasteiger partial charge in [-0.25, -0.2) is 0 Å². The number of rotatable bonds is 3. The molecule has 2 nitrogen and oxygen atoms in total. The molecule has 3 rings (SSSR count). The van der Waals surface area contributed by atoms with Crippen molar-refractivity contribution in [3.8, 4) is 5.75 Å². The van der Waals surface area contributed by atoms with Crippen LogP contribution >= 0.6 is 0 Å². The fourth-order valence-corrected chi connectivity index (χ4v) is 2.35. The Morgan fingerprint density at radius 2 is 1.50 bits per heavy atom. The van der Waals surface area contributed by atoms with Crippen LogP contribution < -0.4 is 9.64 Å². The molecule has 0 aliphatic carbocycles. The smallest absolute Gasteiger partial charge is 0.120 e. The molecule has 0 aliphatic rings. The zero-order chi connectivity index (χ0) is 13.9. The summed E-state index contributed by atoms with van der Waals surface area (Å²) in [6, 6.07) is 23.0. The molecule has 0 bridgehead atoms. The number of methoxy groups -OCH3 is 1. The number of nitrogens with zero attached hydrogens (tertiary/aromatic N) is 1. The maximum atomic E-state index is 5.28. The van der Waals surface area contributed by atoms with Crippen LogP contribution in [0.4, 0.5) is 11.4 Å². The molecular formula is C18H17NO. The van der Waals surface area contributed by atoms with E-state index in [2.05, 4.69) is 60.5 Å². The molecule has 0 heterocycles. The van der Waals surface area contributed by atoms with Gasteiger partial charge >= 0.3 is 0 Å². The van der Waals surface area contributed by atoms with Crippen molar-refractivity contribution in [3.05, 3.63) is 66.7 Å². The molecule has 0 saturated carbocycles. The standard InChI is InChI=1S/C18H17NO/c1-19(16-8-5-9-18(13-16)20-2)17-11-10-14-6-3-4-7-15(14)12-17/h3-13H,1-2H3. The number of benzene rings is 3. The van der Waals surface area contributed by atoms with Gasteiger partial charge in [0.05, 0.1) is 7.11 Å². The largest absolute Gasteiger partial charge is 0.497 e. The van der Waals surface area contributed by atoms with E-state index in [-0.39, 0.29) is 0 Å². The van der Waals surface area contributed by atoms with Gasteiger partial charge in [-0.1, -0.05) is 36.4 Å². The minimum atomic E-state index is 0.870. The van der Waals surface area contributed by atoms with E-state index in [1.165, 1.54) is 10.8 Å². The lowest BCUT2D eigenvalue weighted by atomic mass is 10.1. The summed E-state index contributed by atoms with van der Waals surface area (Å²) in [6.07, 6.45) is 0. The first kappa shape index (κ1) is 12.5. The highest BCUT2D eigenvalue weighted by Crippen LogP contribution is 2.29. The van der Waals surface area contributed by atoms with E-state index in [1.54, 1.807) is 7.11 Å². The summed E-state index contributed by atoms with van der Waals surface area (Å²) >= 11 is 0. The molecule has 0 saturated heterocycles. The van der Waals surface area contributed by atoms with Crippen LogP contribution in [0, 0.1) is 0 Å². The van der Waals surface area contributed by atoms with E-state index < -0.39 is 0 Å².